The van der Waals surface area contributed by atoms with E-state index in [2.05, 4.69) is 4.72 Å². The number of allylic oxidation sites excluding steroid dienone is 2. The molecule has 0 aromatic heterocycles. The molecule has 0 spiro atoms. The van der Waals surface area contributed by atoms with Crippen LogP contribution in [0.4, 0.5) is 5.69 Å². The number of aromatic hydroxyl groups is 1. The summed E-state index contributed by atoms with van der Waals surface area (Å²) < 4.78 is 25.2. The molecule has 1 saturated carbocycles. The van der Waals surface area contributed by atoms with Gasteiger partial charge in [-0.25, -0.2) is 13.1 Å². The van der Waals surface area contributed by atoms with Gasteiger partial charge in [0.05, 0.1) is 23.3 Å². The third kappa shape index (κ3) is 4.65. The lowest BCUT2D eigenvalue weighted by molar-refractivity contribution is -0.136. The number of ketones is 1. The highest BCUT2D eigenvalue weighted by atomic mass is 32.2. The Morgan fingerprint density at radius 1 is 1.24 bits per heavy atom. The maximum Gasteiger partial charge on any atom is 0.250 e. The van der Waals surface area contributed by atoms with Crippen LogP contribution in [-0.4, -0.2) is 73.0 Å². The van der Waals surface area contributed by atoms with Crippen LogP contribution in [-0.2, 0) is 32.5 Å². The Kier molecular flexibility index (Phi) is 7.04. The van der Waals surface area contributed by atoms with E-state index in [-0.39, 0.29) is 41.4 Å². The van der Waals surface area contributed by atoms with Crippen molar-refractivity contribution in [1.82, 2.24) is 4.72 Å². The van der Waals surface area contributed by atoms with Gasteiger partial charge in [-0.05, 0) is 61.6 Å². The minimum absolute atomic E-state index is 0.00840. The zero-order valence-electron chi connectivity index (χ0n) is 21.9. The number of sulfonamides is 1. The normalized spacial score (nSPS) is 27.1. The second kappa shape index (κ2) is 9.58. The van der Waals surface area contributed by atoms with E-state index in [9.17, 15) is 38.4 Å². The van der Waals surface area contributed by atoms with Gasteiger partial charge in [0.25, 0.3) is 5.91 Å². The number of benzene rings is 1. The van der Waals surface area contributed by atoms with Crippen molar-refractivity contribution in [3.05, 3.63) is 39.7 Å². The quantitative estimate of drug-likeness (QED) is 0.270. The molecule has 0 heterocycles. The topological polar surface area (TPSA) is 190 Å². The third-order valence-corrected chi connectivity index (χ3v) is 8.72. The summed E-state index contributed by atoms with van der Waals surface area (Å²) in [5, 5.41) is 44.4. The first-order valence-electron chi connectivity index (χ1n) is 12.5. The molecule has 7 N–H and O–H groups in total. The summed E-state index contributed by atoms with van der Waals surface area (Å²) in [6, 6.07) is 1.81. The van der Waals surface area contributed by atoms with Crippen LogP contribution in [0.25, 0.3) is 5.76 Å². The molecule has 1 amide bonds. The number of carbonyl (C=O) groups excluding carboxylic acids is 2. The highest BCUT2D eigenvalue weighted by molar-refractivity contribution is 7.88. The number of rotatable bonds is 7. The van der Waals surface area contributed by atoms with Gasteiger partial charge < -0.3 is 31.1 Å². The molecule has 0 radical (unpaired) electrons. The lowest BCUT2D eigenvalue weighted by atomic mass is 9.57. The average molecular weight is 550 g/mol. The van der Waals surface area contributed by atoms with Crippen LogP contribution in [0.2, 0.25) is 0 Å². The van der Waals surface area contributed by atoms with Crippen LogP contribution in [0, 0.1) is 17.8 Å². The number of anilines is 1. The number of phenols is 1. The van der Waals surface area contributed by atoms with E-state index in [0.717, 1.165) is 11.9 Å². The Morgan fingerprint density at radius 2 is 1.89 bits per heavy atom. The molecule has 38 heavy (non-hydrogen) atoms. The van der Waals surface area contributed by atoms with Crippen LogP contribution in [0.15, 0.2) is 23.0 Å². The predicted molar refractivity (Wildman–Crippen MR) is 141 cm³/mol. The molecule has 11 nitrogen and oxygen atoms in total. The minimum Gasteiger partial charge on any atom is -0.512 e. The Bertz CT molecular complexity index is 1380. The maximum atomic E-state index is 13.8. The number of aliphatic hydroxyl groups is 3. The first-order valence-corrected chi connectivity index (χ1v) is 14.4. The summed E-state index contributed by atoms with van der Waals surface area (Å²) >= 11 is 0. The molecular weight excluding hydrogens is 514 g/mol. The zero-order valence-corrected chi connectivity index (χ0v) is 22.7. The number of nitrogens with one attached hydrogen (secondary N) is 1. The van der Waals surface area contributed by atoms with Gasteiger partial charge in [0.2, 0.25) is 10.0 Å². The van der Waals surface area contributed by atoms with Crippen molar-refractivity contribution in [2.45, 2.75) is 44.6 Å². The monoisotopic (exact) mass is 549 g/mol. The van der Waals surface area contributed by atoms with Crippen molar-refractivity contribution in [2.24, 2.45) is 23.5 Å². The largest absolute Gasteiger partial charge is 0.512 e. The molecule has 12 heteroatoms. The molecule has 1 aromatic carbocycles. The number of phenolic OH excluding ortho intramolecular Hbond substituents is 1. The first kappa shape index (κ1) is 27.9. The number of hydrogen-bond donors (Lipinski definition) is 6. The van der Waals surface area contributed by atoms with Crippen LogP contribution in [0.1, 0.15) is 42.9 Å². The number of nitrogens with zero attached hydrogens (tertiary/aromatic N) is 1. The third-order valence-electron chi connectivity index (χ3n) is 7.99. The molecule has 1 fully saturated rings. The van der Waals surface area contributed by atoms with Gasteiger partial charge in [0.15, 0.2) is 5.78 Å². The summed E-state index contributed by atoms with van der Waals surface area (Å²) in [4.78, 5) is 27.7. The predicted octanol–water partition coefficient (Wildman–Crippen LogP) is 1.04. The van der Waals surface area contributed by atoms with Crippen molar-refractivity contribution in [3.63, 3.8) is 0 Å². The number of aryl methyl sites for hydroxylation is 1. The first-order chi connectivity index (χ1) is 17.6. The number of Topliss-reactive ketones (excluding diaryl/α,β-unsaturated/α-hetero) is 1. The fourth-order valence-electron chi connectivity index (χ4n) is 6.52. The lowest BCUT2D eigenvalue weighted by Gasteiger charge is -2.48. The number of hydrogen-bond acceptors (Lipinski definition) is 9. The van der Waals surface area contributed by atoms with E-state index in [4.69, 9.17) is 5.73 Å². The van der Waals surface area contributed by atoms with Crippen molar-refractivity contribution >= 4 is 33.2 Å². The molecule has 4 rings (SSSR count). The molecule has 0 bridgehead atoms. The smallest absolute Gasteiger partial charge is 0.250 e. The summed E-state index contributed by atoms with van der Waals surface area (Å²) in [6.07, 6.45) is 2.49. The molecule has 1 aromatic rings. The summed E-state index contributed by atoms with van der Waals surface area (Å²) in [5.74, 6) is -4.43. The van der Waals surface area contributed by atoms with E-state index >= 15 is 0 Å². The molecule has 4 atom stereocenters. The fourth-order valence-corrected chi connectivity index (χ4v) is 7.04. The molecule has 4 unspecified atom stereocenters. The van der Waals surface area contributed by atoms with Gasteiger partial charge in [-0.1, -0.05) is 0 Å². The van der Waals surface area contributed by atoms with Crippen molar-refractivity contribution in [1.29, 1.82) is 0 Å². The highest BCUT2D eigenvalue weighted by Gasteiger charge is 2.57. The molecule has 208 valence electrons. The van der Waals surface area contributed by atoms with Crippen LogP contribution >= 0.6 is 0 Å². The van der Waals surface area contributed by atoms with Gasteiger partial charge in [-0.15, -0.1) is 0 Å². The average Bonchev–Trinajstić information content (AvgIpc) is 2.75. The molecule has 0 saturated heterocycles. The Morgan fingerprint density at radius 3 is 2.47 bits per heavy atom. The number of fused-ring (bicyclic) bond motifs is 3. The zero-order chi connectivity index (χ0) is 28.3. The molecular formula is C26H35N3O8S. The second-order valence-electron chi connectivity index (χ2n) is 11.0. The summed E-state index contributed by atoms with van der Waals surface area (Å²) in [6.45, 7) is 1.44. The fraction of sp³-hybridized carbons (Fsp3) is 0.538. The number of aliphatic hydroxyl groups excluding tert-OH is 2. The van der Waals surface area contributed by atoms with Crippen LogP contribution in [0.5, 0.6) is 5.75 Å². The minimum atomic E-state index is -3.36. The standard InChI is InChI=1S/C26H35N3O8S/c1-26(35)20-14(11-17(30)21(26)25(27)34)8-13-9-15-16(29(2)3)10-12(6-5-7-28-38(4,36)37)22(31)19(15)23(32)18(13)24(20)33/h10,13-14,20,28,30-32,35H,5-9,11H2,1-4H3,(H2,27,34). The Hall–Kier alpha value is -3.09. The van der Waals surface area contributed by atoms with E-state index in [1.54, 1.807) is 6.07 Å². The Labute approximate surface area is 221 Å². The number of primary amides is 1. The van der Waals surface area contributed by atoms with Gasteiger partial charge in [0.1, 0.15) is 22.9 Å². The lowest BCUT2D eigenvalue weighted by Crippen LogP contribution is -2.55. The van der Waals surface area contributed by atoms with E-state index in [0.29, 0.717) is 36.8 Å². The molecule has 0 aliphatic heterocycles. The van der Waals surface area contributed by atoms with Crippen LogP contribution in [0.3, 0.4) is 0 Å². The van der Waals surface area contributed by atoms with Crippen molar-refractivity contribution < 1.29 is 38.4 Å². The van der Waals surface area contributed by atoms with Crippen molar-refractivity contribution in [2.75, 3.05) is 31.8 Å². The number of amides is 1. The molecule has 3 aliphatic carbocycles. The summed E-state index contributed by atoms with van der Waals surface area (Å²) in [7, 11) is 0.293. The van der Waals surface area contributed by atoms with E-state index < -0.39 is 50.6 Å². The van der Waals surface area contributed by atoms with Gasteiger partial charge in [0, 0.05) is 38.3 Å². The number of carbonyl (C=O) groups is 2. The van der Waals surface area contributed by atoms with Gasteiger partial charge in [-0.3, -0.25) is 9.59 Å². The van der Waals surface area contributed by atoms with E-state index in [1.807, 2.05) is 19.0 Å². The number of nitrogens with two attached hydrogens (primary N) is 1. The van der Waals surface area contributed by atoms with Crippen LogP contribution < -0.4 is 15.4 Å². The highest BCUT2D eigenvalue weighted by Crippen LogP contribution is 2.54. The summed E-state index contributed by atoms with van der Waals surface area (Å²) in [5.41, 5.74) is 5.12. The SMILES string of the molecule is CN(C)c1cc(CCCNS(C)(=O)=O)c(O)c2c1CC1CC3CC(O)=C(C(N)=O)C(C)(O)C3C(=O)C1=C2O. The maximum absolute atomic E-state index is 13.8. The van der Waals surface area contributed by atoms with Gasteiger partial charge >= 0.3 is 0 Å². The second-order valence-corrected chi connectivity index (χ2v) is 12.8. The van der Waals surface area contributed by atoms with Gasteiger partial charge in [-0.2, -0.15) is 0 Å². The molecule has 3 aliphatic rings. The van der Waals surface area contributed by atoms with E-state index in [1.165, 1.54) is 6.92 Å². The Balaban J connectivity index is 1.79. The van der Waals surface area contributed by atoms with Crippen molar-refractivity contribution in [3.8, 4) is 5.75 Å².